The first-order valence-electron chi connectivity index (χ1n) is 8.53. The summed E-state index contributed by atoms with van der Waals surface area (Å²) in [5.74, 6) is 0. The second kappa shape index (κ2) is 7.40. The Bertz CT molecular complexity index is 1370. The molecule has 1 aromatic carbocycles. The molecule has 29 heavy (non-hydrogen) atoms. The van der Waals surface area contributed by atoms with Crippen LogP contribution in [0.2, 0.25) is 10.0 Å². The monoisotopic (exact) mass is 450 g/mol. The highest BCUT2D eigenvalue weighted by atomic mass is 35.5. The van der Waals surface area contributed by atoms with Gasteiger partial charge in [0, 0.05) is 43.6 Å². The third-order valence-corrected chi connectivity index (χ3v) is 6.27. The molecule has 0 N–H and O–H groups in total. The maximum Gasteiger partial charge on any atom is 0.332 e. The molecule has 150 valence electrons. The van der Waals surface area contributed by atoms with Crippen molar-refractivity contribution in [2.75, 3.05) is 0 Å². The van der Waals surface area contributed by atoms with Gasteiger partial charge in [-0.15, -0.1) is 0 Å². The molecule has 0 radical (unpaired) electrons. The topological polar surface area (TPSA) is 79.6 Å². The zero-order chi connectivity index (χ0) is 20.9. The van der Waals surface area contributed by atoms with Crippen LogP contribution in [0.1, 0.15) is 5.56 Å². The summed E-state index contributed by atoms with van der Waals surface area (Å²) in [6.07, 6.45) is 3.50. The van der Waals surface area contributed by atoms with Gasteiger partial charge in [-0.25, -0.2) is 14.8 Å². The number of hydrogen-bond acceptors (Lipinski definition) is 5. The van der Waals surface area contributed by atoms with E-state index in [2.05, 4.69) is 9.97 Å². The van der Waals surface area contributed by atoms with Crippen LogP contribution in [-0.4, -0.2) is 28.2 Å². The summed E-state index contributed by atoms with van der Waals surface area (Å²) in [7, 11) is 4.90. The Labute approximate surface area is 179 Å². The van der Waals surface area contributed by atoms with E-state index in [9.17, 15) is 9.59 Å². The zero-order valence-corrected chi connectivity index (χ0v) is 18.1. The van der Waals surface area contributed by atoms with Crippen LogP contribution < -0.4 is 11.2 Å². The molecule has 11 heteroatoms. The lowest BCUT2D eigenvalue weighted by molar-refractivity contribution is 0.695. The second-order valence-electron chi connectivity index (χ2n) is 6.52. The standard InChI is InChI=1S/C18H16Cl2N6O2S/c1-23-7-6-21-16(23)29-17-22-14-13(15(27)25(3)18(28)24(14)2)26(17)9-10-4-5-11(19)8-12(10)20/h4-8H,9H2,1-3H3. The normalized spacial score (nSPS) is 11.5. The molecule has 0 bridgehead atoms. The number of aryl methyl sites for hydroxylation is 2. The molecule has 8 nitrogen and oxygen atoms in total. The molecule has 4 aromatic rings. The van der Waals surface area contributed by atoms with Crippen LogP contribution in [0.15, 0.2) is 50.5 Å². The lowest BCUT2D eigenvalue weighted by atomic mass is 10.2. The van der Waals surface area contributed by atoms with Crippen LogP contribution in [-0.2, 0) is 27.7 Å². The Morgan fingerprint density at radius 2 is 1.83 bits per heavy atom. The minimum Gasteiger partial charge on any atom is -0.329 e. The lowest BCUT2D eigenvalue weighted by Crippen LogP contribution is -2.37. The van der Waals surface area contributed by atoms with Gasteiger partial charge in [0.05, 0.1) is 6.54 Å². The Hall–Kier alpha value is -2.49. The average molecular weight is 451 g/mol. The summed E-state index contributed by atoms with van der Waals surface area (Å²) in [6.45, 7) is 0.284. The first-order chi connectivity index (χ1) is 13.8. The summed E-state index contributed by atoms with van der Waals surface area (Å²) in [4.78, 5) is 34.2. The van der Waals surface area contributed by atoms with Crippen molar-refractivity contribution < 1.29 is 0 Å². The number of imidazole rings is 2. The van der Waals surface area contributed by atoms with Crippen molar-refractivity contribution in [2.24, 2.45) is 21.1 Å². The molecule has 0 atom stereocenters. The largest absolute Gasteiger partial charge is 0.332 e. The van der Waals surface area contributed by atoms with Crippen molar-refractivity contribution in [1.29, 1.82) is 0 Å². The average Bonchev–Trinajstić information content (AvgIpc) is 3.25. The minimum atomic E-state index is -0.440. The third kappa shape index (κ3) is 3.39. The van der Waals surface area contributed by atoms with E-state index >= 15 is 0 Å². The van der Waals surface area contributed by atoms with Crippen molar-refractivity contribution in [1.82, 2.24) is 28.2 Å². The maximum absolute atomic E-state index is 12.9. The smallest absolute Gasteiger partial charge is 0.329 e. The van der Waals surface area contributed by atoms with Gasteiger partial charge < -0.3 is 9.13 Å². The predicted molar refractivity (Wildman–Crippen MR) is 113 cm³/mol. The van der Waals surface area contributed by atoms with Gasteiger partial charge in [0.15, 0.2) is 21.5 Å². The summed E-state index contributed by atoms with van der Waals surface area (Å²) in [5, 5.41) is 2.23. The Morgan fingerprint density at radius 3 is 2.48 bits per heavy atom. The Morgan fingerprint density at radius 1 is 1.07 bits per heavy atom. The first kappa shape index (κ1) is 19.8. The van der Waals surface area contributed by atoms with Gasteiger partial charge in [-0.3, -0.25) is 13.9 Å². The summed E-state index contributed by atoms with van der Waals surface area (Å²) >= 11 is 13.7. The molecule has 0 spiro atoms. The molecule has 3 heterocycles. The third-order valence-electron chi connectivity index (χ3n) is 4.62. The van der Waals surface area contributed by atoms with Gasteiger partial charge >= 0.3 is 5.69 Å². The summed E-state index contributed by atoms with van der Waals surface area (Å²) in [6, 6.07) is 5.19. The Kier molecular flexibility index (Phi) is 5.05. The van der Waals surface area contributed by atoms with E-state index < -0.39 is 11.2 Å². The van der Waals surface area contributed by atoms with Gasteiger partial charge in [0.1, 0.15) is 0 Å². The highest BCUT2D eigenvalue weighted by molar-refractivity contribution is 7.99. The van der Waals surface area contributed by atoms with E-state index in [0.29, 0.717) is 31.5 Å². The van der Waals surface area contributed by atoms with Crippen LogP contribution in [0.4, 0.5) is 0 Å². The molecule has 0 fully saturated rings. The number of fused-ring (bicyclic) bond motifs is 1. The van der Waals surface area contributed by atoms with Gasteiger partial charge in [-0.1, -0.05) is 29.3 Å². The lowest BCUT2D eigenvalue weighted by Gasteiger charge is -2.11. The van der Waals surface area contributed by atoms with Gasteiger partial charge in [0.2, 0.25) is 0 Å². The van der Waals surface area contributed by atoms with Crippen molar-refractivity contribution in [3.8, 4) is 0 Å². The van der Waals surface area contributed by atoms with Crippen LogP contribution >= 0.6 is 35.0 Å². The van der Waals surface area contributed by atoms with Crippen LogP contribution in [0.3, 0.4) is 0 Å². The molecule has 0 unspecified atom stereocenters. The van der Waals surface area contributed by atoms with E-state index in [0.717, 1.165) is 10.1 Å². The summed E-state index contributed by atoms with van der Waals surface area (Å²) in [5.41, 5.74) is 0.530. The SMILES string of the molecule is Cn1ccnc1Sc1nc2c(c(=O)n(C)c(=O)n2C)n1Cc1ccc(Cl)cc1Cl. The molecular formula is C18H16Cl2N6O2S. The van der Waals surface area contributed by atoms with E-state index in [1.807, 2.05) is 17.8 Å². The van der Waals surface area contributed by atoms with Gasteiger partial charge in [-0.05, 0) is 29.5 Å². The number of aromatic nitrogens is 6. The fourth-order valence-electron chi connectivity index (χ4n) is 3.00. The van der Waals surface area contributed by atoms with Crippen molar-refractivity contribution in [3.63, 3.8) is 0 Å². The van der Waals surface area contributed by atoms with Crippen molar-refractivity contribution in [2.45, 2.75) is 16.9 Å². The van der Waals surface area contributed by atoms with E-state index in [1.165, 1.54) is 23.4 Å². The molecule has 0 saturated carbocycles. The number of nitrogens with zero attached hydrogens (tertiary/aromatic N) is 6. The number of benzene rings is 1. The quantitative estimate of drug-likeness (QED) is 0.477. The molecule has 3 aromatic heterocycles. The van der Waals surface area contributed by atoms with Crippen LogP contribution in [0.25, 0.3) is 11.2 Å². The number of hydrogen-bond donors (Lipinski definition) is 0. The van der Waals surface area contributed by atoms with Crippen molar-refractivity contribution in [3.05, 3.63) is 67.0 Å². The second-order valence-corrected chi connectivity index (χ2v) is 8.30. The van der Waals surface area contributed by atoms with Crippen LogP contribution in [0, 0.1) is 0 Å². The molecule has 0 aliphatic carbocycles. The zero-order valence-electron chi connectivity index (χ0n) is 15.8. The molecule has 0 amide bonds. The summed E-state index contributed by atoms with van der Waals surface area (Å²) < 4.78 is 6.03. The molecule has 0 aliphatic rings. The fourth-order valence-corrected chi connectivity index (χ4v) is 4.35. The highest BCUT2D eigenvalue weighted by Gasteiger charge is 2.21. The molecular weight excluding hydrogens is 435 g/mol. The van der Waals surface area contributed by atoms with E-state index in [4.69, 9.17) is 23.2 Å². The number of rotatable bonds is 4. The van der Waals surface area contributed by atoms with Gasteiger partial charge in [-0.2, -0.15) is 0 Å². The first-order valence-corrected chi connectivity index (χ1v) is 10.1. The maximum atomic E-state index is 12.9. The predicted octanol–water partition coefficient (Wildman–Crippen LogP) is 2.67. The molecule has 0 aliphatic heterocycles. The van der Waals surface area contributed by atoms with Crippen LogP contribution in [0.5, 0.6) is 0 Å². The molecule has 0 saturated heterocycles. The fraction of sp³-hybridized carbons (Fsp3) is 0.222. The van der Waals surface area contributed by atoms with Crippen molar-refractivity contribution >= 4 is 46.1 Å². The van der Waals surface area contributed by atoms with E-state index in [-0.39, 0.29) is 6.54 Å². The van der Waals surface area contributed by atoms with Gasteiger partial charge in [0.25, 0.3) is 5.56 Å². The molecule has 4 rings (SSSR count). The Balaban J connectivity index is 1.98. The van der Waals surface area contributed by atoms with E-state index in [1.54, 1.807) is 36.0 Å². The number of halogens is 2. The minimum absolute atomic E-state index is 0.284. The highest BCUT2D eigenvalue weighted by Crippen LogP contribution is 2.30.